The van der Waals surface area contributed by atoms with E-state index in [0.717, 1.165) is 6.26 Å². The van der Waals surface area contributed by atoms with E-state index in [1.54, 1.807) is 12.1 Å². The zero-order valence-electron chi connectivity index (χ0n) is 11.2. The Balaban J connectivity index is 2.66. The van der Waals surface area contributed by atoms with Crippen LogP contribution in [-0.2, 0) is 21.1 Å². The highest BCUT2D eigenvalue weighted by Gasteiger charge is 2.14. The first kappa shape index (κ1) is 17.4. The molecule has 1 aromatic rings. The average Bonchev–Trinajstić information content (AvgIpc) is 2.38. The third-order valence-corrected chi connectivity index (χ3v) is 4.11. The molecule has 1 amide bonds. The lowest BCUT2D eigenvalue weighted by molar-refractivity contribution is -0.114. The standard InChI is InChI=1S/C12H15BrN2O5S/c1-21(19,20)5-4-14-12(17)10(15-18)7-8-2-3-11(16)9(13)6-8/h2-3,6,16,18H,4-5,7H2,1H3,(H,14,17)/b15-10-. The van der Waals surface area contributed by atoms with Gasteiger partial charge in [0.2, 0.25) is 0 Å². The van der Waals surface area contributed by atoms with Gasteiger partial charge in [0.1, 0.15) is 21.3 Å². The quantitative estimate of drug-likeness (QED) is 0.382. The van der Waals surface area contributed by atoms with Crippen LogP contribution in [0.1, 0.15) is 5.56 Å². The summed E-state index contributed by atoms with van der Waals surface area (Å²) in [7, 11) is -3.17. The smallest absolute Gasteiger partial charge is 0.269 e. The van der Waals surface area contributed by atoms with Gasteiger partial charge in [0.15, 0.2) is 0 Å². The van der Waals surface area contributed by atoms with Gasteiger partial charge >= 0.3 is 0 Å². The van der Waals surface area contributed by atoms with Gasteiger partial charge in [-0.25, -0.2) is 8.42 Å². The topological polar surface area (TPSA) is 116 Å². The number of phenols is 1. The van der Waals surface area contributed by atoms with Crippen molar-refractivity contribution in [3.8, 4) is 5.75 Å². The Bertz CT molecular complexity index is 658. The number of nitrogens with one attached hydrogen (secondary N) is 1. The maximum Gasteiger partial charge on any atom is 0.269 e. The van der Waals surface area contributed by atoms with Gasteiger partial charge in [-0.2, -0.15) is 0 Å². The van der Waals surface area contributed by atoms with E-state index >= 15 is 0 Å². The number of oxime groups is 1. The summed E-state index contributed by atoms with van der Waals surface area (Å²) in [5, 5.41) is 23.6. The van der Waals surface area contributed by atoms with Crippen LogP contribution < -0.4 is 5.32 Å². The molecule has 0 aromatic heterocycles. The van der Waals surface area contributed by atoms with Crippen molar-refractivity contribution in [3.05, 3.63) is 28.2 Å². The fourth-order valence-electron chi connectivity index (χ4n) is 1.47. The maximum atomic E-state index is 11.8. The molecule has 1 rings (SSSR count). The van der Waals surface area contributed by atoms with Crippen LogP contribution in [0.25, 0.3) is 0 Å². The fourth-order valence-corrected chi connectivity index (χ4v) is 2.37. The highest BCUT2D eigenvalue weighted by Crippen LogP contribution is 2.24. The summed E-state index contributed by atoms with van der Waals surface area (Å²) >= 11 is 3.14. The molecule has 0 aliphatic heterocycles. The second-order valence-electron chi connectivity index (χ2n) is 4.40. The minimum absolute atomic E-state index is 0.0418. The molecule has 0 fully saturated rings. The Labute approximate surface area is 130 Å². The molecule has 21 heavy (non-hydrogen) atoms. The number of phenolic OH excluding ortho intramolecular Hbond substituents is 1. The van der Waals surface area contributed by atoms with Gasteiger partial charge in [-0.1, -0.05) is 11.2 Å². The monoisotopic (exact) mass is 378 g/mol. The third-order valence-electron chi connectivity index (χ3n) is 2.52. The maximum absolute atomic E-state index is 11.8. The van der Waals surface area contributed by atoms with Crippen molar-refractivity contribution >= 4 is 37.4 Å². The largest absolute Gasteiger partial charge is 0.507 e. The molecule has 116 valence electrons. The minimum Gasteiger partial charge on any atom is -0.507 e. The molecule has 0 atom stereocenters. The van der Waals surface area contributed by atoms with Crippen molar-refractivity contribution in [1.82, 2.24) is 5.32 Å². The molecule has 3 N–H and O–H groups in total. The highest BCUT2D eigenvalue weighted by molar-refractivity contribution is 9.10. The number of amides is 1. The van der Waals surface area contributed by atoms with Gasteiger partial charge < -0.3 is 15.6 Å². The van der Waals surface area contributed by atoms with Crippen LogP contribution >= 0.6 is 15.9 Å². The van der Waals surface area contributed by atoms with Crippen molar-refractivity contribution < 1.29 is 23.5 Å². The molecular formula is C12H15BrN2O5S. The Morgan fingerprint density at radius 2 is 2.10 bits per heavy atom. The molecule has 9 heteroatoms. The number of sulfone groups is 1. The summed E-state index contributed by atoms with van der Waals surface area (Å²) in [6, 6.07) is 4.61. The Morgan fingerprint density at radius 1 is 1.43 bits per heavy atom. The van der Waals surface area contributed by atoms with Crippen LogP contribution in [0.3, 0.4) is 0 Å². The molecule has 7 nitrogen and oxygen atoms in total. The van der Waals surface area contributed by atoms with E-state index in [2.05, 4.69) is 26.4 Å². The number of hydrogen-bond acceptors (Lipinski definition) is 6. The van der Waals surface area contributed by atoms with E-state index in [4.69, 9.17) is 5.21 Å². The van der Waals surface area contributed by atoms with Crippen LogP contribution in [0.15, 0.2) is 27.8 Å². The normalized spacial score (nSPS) is 12.2. The van der Waals surface area contributed by atoms with E-state index in [1.807, 2.05) is 0 Å². The van der Waals surface area contributed by atoms with Crippen molar-refractivity contribution in [1.29, 1.82) is 0 Å². The zero-order chi connectivity index (χ0) is 16.0. The number of halogens is 1. The number of nitrogens with zero attached hydrogens (tertiary/aromatic N) is 1. The number of benzene rings is 1. The van der Waals surface area contributed by atoms with Crippen LogP contribution in [-0.4, -0.2) is 48.9 Å². The number of rotatable bonds is 6. The van der Waals surface area contributed by atoms with E-state index in [0.29, 0.717) is 10.0 Å². The number of carbonyl (C=O) groups is 1. The lowest BCUT2D eigenvalue weighted by atomic mass is 10.1. The molecule has 0 unspecified atom stereocenters. The average molecular weight is 379 g/mol. The first-order valence-electron chi connectivity index (χ1n) is 5.87. The molecule has 0 radical (unpaired) electrons. The Morgan fingerprint density at radius 3 is 2.62 bits per heavy atom. The van der Waals surface area contributed by atoms with Crippen molar-refractivity contribution in [2.45, 2.75) is 6.42 Å². The van der Waals surface area contributed by atoms with Crippen molar-refractivity contribution in [3.63, 3.8) is 0 Å². The van der Waals surface area contributed by atoms with Gasteiger partial charge in [-0.3, -0.25) is 4.79 Å². The molecule has 0 saturated carbocycles. The number of hydrogen-bond donors (Lipinski definition) is 3. The van der Waals surface area contributed by atoms with Crippen LogP contribution in [0.4, 0.5) is 0 Å². The minimum atomic E-state index is -3.17. The Kier molecular flexibility index (Phi) is 6.16. The second kappa shape index (κ2) is 7.41. The van der Waals surface area contributed by atoms with Crippen LogP contribution in [0, 0.1) is 0 Å². The second-order valence-corrected chi connectivity index (χ2v) is 7.51. The summed E-state index contributed by atoms with van der Waals surface area (Å²) in [5.74, 6) is -0.786. The van der Waals surface area contributed by atoms with Crippen LogP contribution in [0.5, 0.6) is 5.75 Å². The lowest BCUT2D eigenvalue weighted by Crippen LogP contribution is -2.35. The zero-order valence-corrected chi connectivity index (χ0v) is 13.6. The van der Waals surface area contributed by atoms with Gasteiger partial charge in [-0.05, 0) is 33.6 Å². The molecule has 0 saturated heterocycles. The first-order valence-corrected chi connectivity index (χ1v) is 8.72. The summed E-state index contributed by atoms with van der Waals surface area (Å²) < 4.78 is 22.4. The molecule has 0 bridgehead atoms. The lowest BCUT2D eigenvalue weighted by Gasteiger charge is -2.07. The number of aromatic hydroxyl groups is 1. The molecular weight excluding hydrogens is 364 g/mol. The van der Waals surface area contributed by atoms with Gasteiger partial charge in [-0.15, -0.1) is 0 Å². The fraction of sp³-hybridized carbons (Fsp3) is 0.333. The SMILES string of the molecule is CS(=O)(=O)CCNC(=O)/C(Cc1ccc(O)c(Br)c1)=N\O. The number of carbonyl (C=O) groups excluding carboxylic acids is 1. The van der Waals surface area contributed by atoms with E-state index < -0.39 is 15.7 Å². The highest BCUT2D eigenvalue weighted by atomic mass is 79.9. The van der Waals surface area contributed by atoms with Gasteiger partial charge in [0.25, 0.3) is 5.91 Å². The third kappa shape index (κ3) is 6.13. The van der Waals surface area contributed by atoms with E-state index in [-0.39, 0.29) is 30.2 Å². The van der Waals surface area contributed by atoms with E-state index in [1.165, 1.54) is 6.07 Å². The Hall–Kier alpha value is -1.61. The first-order chi connectivity index (χ1) is 9.73. The molecule has 0 aliphatic carbocycles. The molecule has 0 aliphatic rings. The summed E-state index contributed by atoms with van der Waals surface area (Å²) in [5.41, 5.74) is 0.492. The van der Waals surface area contributed by atoms with Gasteiger partial charge in [0.05, 0.1) is 10.2 Å². The summed E-state index contributed by atoms with van der Waals surface area (Å²) in [4.78, 5) is 11.8. The molecule has 0 spiro atoms. The molecule has 0 heterocycles. The summed E-state index contributed by atoms with van der Waals surface area (Å²) in [6.07, 6.45) is 1.11. The predicted molar refractivity (Wildman–Crippen MR) is 81.5 cm³/mol. The molecule has 1 aromatic carbocycles. The van der Waals surface area contributed by atoms with Gasteiger partial charge in [0, 0.05) is 19.2 Å². The van der Waals surface area contributed by atoms with E-state index in [9.17, 15) is 18.3 Å². The van der Waals surface area contributed by atoms with Crippen molar-refractivity contribution in [2.24, 2.45) is 5.16 Å². The van der Waals surface area contributed by atoms with Crippen LogP contribution in [0.2, 0.25) is 0 Å². The summed E-state index contributed by atoms with van der Waals surface area (Å²) in [6.45, 7) is -0.0596. The van der Waals surface area contributed by atoms with Crippen molar-refractivity contribution in [2.75, 3.05) is 18.6 Å². The predicted octanol–water partition coefficient (Wildman–Crippen LogP) is 0.688.